The van der Waals surface area contributed by atoms with E-state index in [4.69, 9.17) is 33.7 Å². The van der Waals surface area contributed by atoms with Gasteiger partial charge < -0.3 is 15.5 Å². The molecule has 35 heavy (non-hydrogen) atoms. The van der Waals surface area contributed by atoms with Crippen molar-refractivity contribution >= 4 is 100 Å². The van der Waals surface area contributed by atoms with Crippen molar-refractivity contribution in [3.8, 4) is 0 Å². The molecule has 0 saturated carbocycles. The Labute approximate surface area is 240 Å². The maximum Gasteiger partial charge on any atom is 0.306 e. The maximum absolute atomic E-state index is 11.8. The number of H-pyrrole nitrogens is 1. The minimum absolute atomic E-state index is 0.0787. The largest absolute Gasteiger partial charge is 0.465 e. The number of nitrogens with one attached hydrogen (secondary N) is 1. The fraction of sp³-hybridized carbons (Fsp3) is 0.417. The second-order valence-corrected chi connectivity index (χ2v) is 12.3. The van der Waals surface area contributed by atoms with Crippen LogP contribution in [-0.4, -0.2) is 23.3 Å². The fourth-order valence-corrected chi connectivity index (χ4v) is 5.88. The molecule has 1 unspecified atom stereocenters. The predicted octanol–water partition coefficient (Wildman–Crippen LogP) is 8.93. The molecule has 0 fully saturated rings. The molecule has 1 aromatic heterocycles. The van der Waals surface area contributed by atoms with Gasteiger partial charge in [0.15, 0.2) is 0 Å². The van der Waals surface area contributed by atoms with Gasteiger partial charge in [-0.1, -0.05) is 67.6 Å². The third-order valence-corrected chi connectivity index (χ3v) is 9.67. The van der Waals surface area contributed by atoms with E-state index in [9.17, 15) is 9.59 Å². The number of hydrogen-bond donors (Lipinski definition) is 2. The van der Waals surface area contributed by atoms with Crippen LogP contribution in [0.2, 0.25) is 10.0 Å². The van der Waals surface area contributed by atoms with Crippen LogP contribution in [0.4, 0.5) is 5.69 Å². The number of nitrogen functional groups attached to an aromatic ring is 1. The normalized spacial score (nSPS) is 11.7. The van der Waals surface area contributed by atoms with Crippen LogP contribution in [0.5, 0.6) is 0 Å². The summed E-state index contributed by atoms with van der Waals surface area (Å²) in [7, 11) is 0. The standard InChI is InChI=1S/C17H25BrClNO2S.C7H3BrClNOS/c1-3-5-6-12(4-2)11-22-15(21)9-10-23-14-8-7-13(18)16(19)17(14)20;8-3-1-2-4-6(5(3)9)10-7(11)12-4/h7-8,12H,3-6,9-11,20H2,1-2H3;1-2H,(H,10,11). The molecular formula is C24H28Br2Cl2N2O3S2. The van der Waals surface area contributed by atoms with Gasteiger partial charge >= 0.3 is 10.8 Å². The summed E-state index contributed by atoms with van der Waals surface area (Å²) in [6, 6.07) is 7.44. The summed E-state index contributed by atoms with van der Waals surface area (Å²) in [4.78, 5) is 26.3. The predicted molar refractivity (Wildman–Crippen MR) is 158 cm³/mol. The zero-order chi connectivity index (χ0) is 26.0. The van der Waals surface area contributed by atoms with Crippen LogP contribution in [-0.2, 0) is 9.53 Å². The van der Waals surface area contributed by atoms with E-state index in [2.05, 4.69) is 50.7 Å². The molecule has 3 aromatic rings. The van der Waals surface area contributed by atoms with E-state index in [-0.39, 0.29) is 10.8 Å². The molecule has 3 rings (SSSR count). The second kappa shape index (κ2) is 15.5. The third kappa shape index (κ3) is 9.59. The van der Waals surface area contributed by atoms with E-state index in [1.165, 1.54) is 24.6 Å². The quantitative estimate of drug-likeness (QED) is 0.126. The molecule has 0 bridgehead atoms. The van der Waals surface area contributed by atoms with Gasteiger partial charge in [0.05, 0.1) is 39.0 Å². The number of hydrogen-bond acceptors (Lipinski definition) is 6. The number of carbonyl (C=O) groups is 1. The van der Waals surface area contributed by atoms with Gasteiger partial charge in [-0.3, -0.25) is 9.59 Å². The van der Waals surface area contributed by atoms with Crippen LogP contribution in [0.1, 0.15) is 46.0 Å². The zero-order valence-electron chi connectivity index (χ0n) is 19.5. The Morgan fingerprint density at radius 1 is 1.17 bits per heavy atom. The number of esters is 1. The van der Waals surface area contributed by atoms with E-state index in [0.29, 0.717) is 45.9 Å². The Kier molecular flexibility index (Phi) is 13.5. The first-order chi connectivity index (χ1) is 16.7. The van der Waals surface area contributed by atoms with Crippen molar-refractivity contribution in [3.63, 3.8) is 0 Å². The number of aromatic amines is 1. The van der Waals surface area contributed by atoms with Gasteiger partial charge in [0, 0.05) is 19.6 Å². The lowest BCUT2D eigenvalue weighted by Crippen LogP contribution is -2.14. The summed E-state index contributed by atoms with van der Waals surface area (Å²) in [5.41, 5.74) is 7.22. The van der Waals surface area contributed by atoms with Crippen molar-refractivity contribution in [2.45, 2.75) is 50.8 Å². The lowest BCUT2D eigenvalue weighted by atomic mass is 10.0. The number of ether oxygens (including phenoxy) is 1. The van der Waals surface area contributed by atoms with Crippen LogP contribution >= 0.6 is 78.2 Å². The van der Waals surface area contributed by atoms with Gasteiger partial charge in [0.25, 0.3) is 0 Å². The number of rotatable bonds is 10. The Hall–Kier alpha value is -0.710. The highest BCUT2D eigenvalue weighted by atomic mass is 79.9. The number of unbranched alkanes of at least 4 members (excludes halogenated alkanes) is 1. The minimum Gasteiger partial charge on any atom is -0.465 e. The van der Waals surface area contributed by atoms with Gasteiger partial charge in [-0.25, -0.2) is 0 Å². The monoisotopic (exact) mass is 684 g/mol. The first kappa shape index (κ1) is 30.5. The molecule has 11 heteroatoms. The maximum atomic E-state index is 11.8. The van der Waals surface area contributed by atoms with Gasteiger partial charge in [-0.05, 0) is 68.5 Å². The summed E-state index contributed by atoms with van der Waals surface area (Å²) in [5, 5.41) is 1.07. The van der Waals surface area contributed by atoms with Crippen molar-refractivity contribution in [2.24, 2.45) is 5.92 Å². The highest BCUT2D eigenvalue weighted by molar-refractivity contribution is 9.10. The summed E-state index contributed by atoms with van der Waals surface area (Å²) >= 11 is 21.3. The van der Waals surface area contributed by atoms with Gasteiger partial charge in [0.1, 0.15) is 0 Å². The molecule has 0 aliphatic heterocycles. The van der Waals surface area contributed by atoms with Crippen LogP contribution in [0, 0.1) is 5.92 Å². The second-order valence-electron chi connectivity index (χ2n) is 7.72. The molecule has 0 aliphatic rings. The van der Waals surface area contributed by atoms with Crippen molar-refractivity contribution in [2.75, 3.05) is 18.1 Å². The Bertz CT molecular complexity index is 1190. The molecule has 0 saturated heterocycles. The van der Waals surface area contributed by atoms with Gasteiger partial charge in [-0.2, -0.15) is 0 Å². The van der Waals surface area contributed by atoms with E-state index in [1.807, 2.05) is 24.3 Å². The van der Waals surface area contributed by atoms with Crippen molar-refractivity contribution in [3.05, 3.63) is 52.9 Å². The Morgan fingerprint density at radius 3 is 2.54 bits per heavy atom. The van der Waals surface area contributed by atoms with Gasteiger partial charge in [0.2, 0.25) is 0 Å². The van der Waals surface area contributed by atoms with E-state index in [0.717, 1.165) is 42.7 Å². The molecule has 1 atom stereocenters. The van der Waals surface area contributed by atoms with Gasteiger partial charge in [-0.15, -0.1) is 11.8 Å². The topological polar surface area (TPSA) is 85.2 Å². The van der Waals surface area contributed by atoms with E-state index >= 15 is 0 Å². The third-order valence-electron chi connectivity index (χ3n) is 5.17. The van der Waals surface area contributed by atoms with Crippen LogP contribution in [0.15, 0.2) is 42.9 Å². The van der Waals surface area contributed by atoms with Crippen LogP contribution in [0.25, 0.3) is 10.2 Å². The number of thiazole rings is 1. The van der Waals surface area contributed by atoms with Crippen LogP contribution in [0.3, 0.4) is 0 Å². The van der Waals surface area contributed by atoms with Crippen molar-refractivity contribution in [1.29, 1.82) is 0 Å². The molecule has 0 radical (unpaired) electrons. The molecule has 0 amide bonds. The Balaban J connectivity index is 0.000000298. The summed E-state index contributed by atoms with van der Waals surface area (Å²) in [6.07, 6.45) is 4.93. The number of fused-ring (bicyclic) bond motifs is 1. The number of carbonyl (C=O) groups excluding carboxylic acids is 1. The van der Waals surface area contributed by atoms with Crippen molar-refractivity contribution < 1.29 is 9.53 Å². The number of benzene rings is 2. The minimum atomic E-state index is -0.144. The smallest absolute Gasteiger partial charge is 0.306 e. The number of aromatic nitrogens is 1. The number of nitrogens with two attached hydrogens (primary N) is 1. The first-order valence-corrected chi connectivity index (χ1v) is 15.3. The Morgan fingerprint density at radius 2 is 1.86 bits per heavy atom. The molecule has 0 spiro atoms. The number of anilines is 1. The summed E-state index contributed by atoms with van der Waals surface area (Å²) in [5.74, 6) is 0.967. The SMILES string of the molecule is CCCCC(CC)COC(=O)CCSc1ccc(Br)c(Cl)c1N.O=c1[nH]c2c(Cl)c(Br)ccc2s1. The molecule has 0 aliphatic carbocycles. The number of halogens is 4. The van der Waals surface area contributed by atoms with Crippen LogP contribution < -0.4 is 10.6 Å². The van der Waals surface area contributed by atoms with E-state index in [1.54, 1.807) is 0 Å². The summed E-state index contributed by atoms with van der Waals surface area (Å²) < 4.78 is 7.84. The fourth-order valence-electron chi connectivity index (χ4n) is 3.06. The zero-order valence-corrected chi connectivity index (χ0v) is 25.8. The molecule has 3 N–H and O–H groups in total. The average molecular weight is 687 g/mol. The highest BCUT2D eigenvalue weighted by Crippen LogP contribution is 2.36. The lowest BCUT2D eigenvalue weighted by molar-refractivity contribution is -0.144. The average Bonchev–Trinajstić information content (AvgIpc) is 3.23. The first-order valence-electron chi connectivity index (χ1n) is 11.2. The molecule has 2 aromatic carbocycles. The molecule has 192 valence electrons. The van der Waals surface area contributed by atoms with E-state index < -0.39 is 0 Å². The van der Waals surface area contributed by atoms with Crippen molar-refractivity contribution in [1.82, 2.24) is 4.98 Å². The molecule has 5 nitrogen and oxygen atoms in total. The highest BCUT2D eigenvalue weighted by Gasteiger charge is 2.12. The molecular weight excluding hydrogens is 659 g/mol. The lowest BCUT2D eigenvalue weighted by Gasteiger charge is -2.14. The number of thioether (sulfide) groups is 1. The summed E-state index contributed by atoms with van der Waals surface area (Å²) in [6.45, 7) is 4.85. The molecule has 1 heterocycles.